The van der Waals surface area contributed by atoms with E-state index in [4.69, 9.17) is 16.3 Å². The summed E-state index contributed by atoms with van der Waals surface area (Å²) in [6.45, 7) is -0.0452. The van der Waals surface area contributed by atoms with Gasteiger partial charge >= 0.3 is 12.0 Å². The van der Waals surface area contributed by atoms with Gasteiger partial charge in [0.25, 0.3) is 0 Å². The van der Waals surface area contributed by atoms with Crippen LogP contribution in [0.5, 0.6) is 0 Å². The van der Waals surface area contributed by atoms with Crippen LogP contribution in [0, 0.1) is 5.82 Å². The molecule has 7 nitrogen and oxygen atoms in total. The van der Waals surface area contributed by atoms with Crippen LogP contribution in [0.3, 0.4) is 0 Å². The number of hydrogen-bond acceptors (Lipinski definition) is 5. The van der Waals surface area contributed by atoms with E-state index in [1.54, 1.807) is 0 Å². The van der Waals surface area contributed by atoms with Gasteiger partial charge in [-0.25, -0.2) is 17.6 Å². The van der Waals surface area contributed by atoms with Gasteiger partial charge in [0.15, 0.2) is 9.84 Å². The van der Waals surface area contributed by atoms with Crippen molar-refractivity contribution in [2.24, 2.45) is 0 Å². The molecule has 2 aliphatic heterocycles. The van der Waals surface area contributed by atoms with Gasteiger partial charge in [-0.05, 0) is 25.0 Å². The van der Waals surface area contributed by atoms with Crippen molar-refractivity contribution in [2.75, 3.05) is 5.75 Å². The average molecular weight is 419 g/mol. The summed E-state index contributed by atoms with van der Waals surface area (Å²) in [5.41, 5.74) is 0.513. The van der Waals surface area contributed by atoms with Crippen molar-refractivity contribution in [3.63, 3.8) is 0 Å². The lowest BCUT2D eigenvalue weighted by Crippen LogP contribution is -2.39. The van der Waals surface area contributed by atoms with Crippen molar-refractivity contribution < 1.29 is 27.1 Å². The Balaban J connectivity index is 1.40. The lowest BCUT2D eigenvalue weighted by Gasteiger charge is -2.16. The van der Waals surface area contributed by atoms with Gasteiger partial charge in [0.2, 0.25) is 0 Å². The number of unbranched alkanes of at least 4 members (excludes halogenated alkanes) is 1. The molecule has 3 atom stereocenters. The van der Waals surface area contributed by atoms with Gasteiger partial charge < -0.3 is 15.4 Å². The quantitative estimate of drug-likeness (QED) is 0.400. The first-order valence-corrected chi connectivity index (χ1v) is 10.7. The van der Waals surface area contributed by atoms with Crippen LogP contribution in [0.15, 0.2) is 18.2 Å². The van der Waals surface area contributed by atoms with E-state index in [1.807, 2.05) is 0 Å². The summed E-state index contributed by atoms with van der Waals surface area (Å²) in [7, 11) is -3.26. The van der Waals surface area contributed by atoms with Crippen molar-refractivity contribution in [3.8, 4) is 0 Å². The van der Waals surface area contributed by atoms with Crippen molar-refractivity contribution >= 4 is 33.4 Å². The number of sulfone groups is 1. The van der Waals surface area contributed by atoms with Crippen molar-refractivity contribution in [1.29, 1.82) is 0 Å². The smallest absolute Gasteiger partial charge is 0.315 e. The molecule has 0 aromatic heterocycles. The minimum atomic E-state index is -3.26. The third-order valence-corrected chi connectivity index (χ3v) is 7.47. The maximum Gasteiger partial charge on any atom is 0.315 e. The van der Waals surface area contributed by atoms with Gasteiger partial charge in [0.1, 0.15) is 12.4 Å². The Bertz CT molecular complexity index is 848. The number of hydrogen-bond donors (Lipinski definition) is 2. The highest BCUT2D eigenvalue weighted by atomic mass is 35.5. The van der Waals surface area contributed by atoms with Gasteiger partial charge in [-0.2, -0.15) is 0 Å². The monoisotopic (exact) mass is 418 g/mol. The minimum Gasteiger partial charge on any atom is -0.461 e. The number of ether oxygens (including phenoxy) is 1. The zero-order chi connectivity index (χ0) is 19.6. The van der Waals surface area contributed by atoms with Crippen molar-refractivity contribution in [3.05, 3.63) is 34.6 Å². The fraction of sp³-hybridized carbons (Fsp3) is 0.529. The van der Waals surface area contributed by atoms with E-state index < -0.39 is 32.9 Å². The van der Waals surface area contributed by atoms with Crippen LogP contribution in [-0.4, -0.2) is 43.5 Å². The number of fused-ring (bicyclic) bond motifs is 1. The maximum absolute atomic E-state index is 13.0. The summed E-state index contributed by atoms with van der Waals surface area (Å²) in [5, 5.41) is 4.83. The van der Waals surface area contributed by atoms with Gasteiger partial charge in [-0.15, -0.1) is 0 Å². The number of urea groups is 1. The molecule has 2 saturated heterocycles. The standard InChI is InChI=1S/C17H20ClFN2O5S/c18-12-7-11(19)6-5-10(12)8-26-15(22)4-2-1-3-14-16-13(9-27(14,24)25)20-17(23)21-16/h5-7,13-14,16H,1-4,8-9H2,(H2,20,21,23)/t13-,14-,16-/m0/s1. The molecule has 3 rings (SSSR count). The Hall–Kier alpha value is -1.87. The molecule has 0 unspecified atom stereocenters. The Morgan fingerprint density at radius 1 is 1.30 bits per heavy atom. The Morgan fingerprint density at radius 2 is 2.07 bits per heavy atom. The van der Waals surface area contributed by atoms with Crippen molar-refractivity contribution in [2.45, 2.75) is 49.6 Å². The second-order valence-corrected chi connectivity index (χ2v) is 9.43. The number of halogens is 2. The van der Waals surface area contributed by atoms with E-state index in [9.17, 15) is 22.4 Å². The number of carbonyl (C=O) groups excluding carboxylic acids is 2. The third kappa shape index (κ3) is 4.70. The SMILES string of the molecule is O=C1N[C@H]2[C@H](CS(=O)(=O)[C@H]2CCCCC(=O)OCc2ccc(F)cc2Cl)N1. The molecule has 0 spiro atoms. The van der Waals surface area contributed by atoms with Crippen LogP contribution >= 0.6 is 11.6 Å². The van der Waals surface area contributed by atoms with Crippen LogP contribution < -0.4 is 10.6 Å². The minimum absolute atomic E-state index is 0.0452. The van der Waals surface area contributed by atoms with E-state index in [-0.39, 0.29) is 35.9 Å². The second kappa shape index (κ2) is 8.02. The lowest BCUT2D eigenvalue weighted by atomic mass is 10.0. The molecule has 2 aliphatic rings. The molecule has 1 aromatic rings. The van der Waals surface area contributed by atoms with Gasteiger partial charge in [-0.1, -0.05) is 24.1 Å². The van der Waals surface area contributed by atoms with Gasteiger partial charge in [0.05, 0.1) is 28.1 Å². The topological polar surface area (TPSA) is 102 Å². The molecular weight excluding hydrogens is 399 g/mol. The molecule has 2 fully saturated rings. The number of benzene rings is 1. The van der Waals surface area contributed by atoms with Crippen LogP contribution in [0.4, 0.5) is 9.18 Å². The number of rotatable bonds is 7. The normalized spacial score (nSPS) is 25.6. The number of esters is 1. The van der Waals surface area contributed by atoms with Crippen LogP contribution in [0.25, 0.3) is 0 Å². The first-order valence-electron chi connectivity index (χ1n) is 8.64. The van der Waals surface area contributed by atoms with Gasteiger partial charge in [0, 0.05) is 12.0 Å². The number of nitrogens with one attached hydrogen (secondary N) is 2. The average Bonchev–Trinajstić information content (AvgIpc) is 3.02. The second-order valence-electron chi connectivity index (χ2n) is 6.76. The molecule has 2 N–H and O–H groups in total. The first-order chi connectivity index (χ1) is 12.8. The third-order valence-electron chi connectivity index (χ3n) is 4.84. The van der Waals surface area contributed by atoms with E-state index in [2.05, 4.69) is 10.6 Å². The molecule has 2 amide bonds. The predicted octanol–water partition coefficient (Wildman–Crippen LogP) is 1.93. The highest BCUT2D eigenvalue weighted by Gasteiger charge is 2.51. The molecule has 148 valence electrons. The van der Waals surface area contributed by atoms with Crippen LogP contribution in [-0.2, 0) is 26.0 Å². The molecular formula is C17H20ClFN2O5S. The molecule has 0 aliphatic carbocycles. The highest BCUT2D eigenvalue weighted by molar-refractivity contribution is 7.92. The van der Waals surface area contributed by atoms with Crippen LogP contribution in [0.2, 0.25) is 5.02 Å². The Labute approximate surface area is 161 Å². The summed E-state index contributed by atoms with van der Waals surface area (Å²) in [4.78, 5) is 23.2. The largest absolute Gasteiger partial charge is 0.461 e. The van der Waals surface area contributed by atoms with Crippen molar-refractivity contribution in [1.82, 2.24) is 10.6 Å². The summed E-state index contributed by atoms with van der Waals surface area (Å²) < 4.78 is 42.5. The van der Waals surface area contributed by atoms with E-state index in [0.717, 1.165) is 6.07 Å². The molecule has 0 bridgehead atoms. The van der Waals surface area contributed by atoms with E-state index in [0.29, 0.717) is 24.8 Å². The molecule has 10 heteroatoms. The zero-order valence-corrected chi connectivity index (χ0v) is 16.0. The fourth-order valence-corrected chi connectivity index (χ4v) is 5.98. The summed E-state index contributed by atoms with van der Waals surface area (Å²) >= 11 is 5.87. The summed E-state index contributed by atoms with van der Waals surface area (Å²) in [6, 6.07) is 2.72. The van der Waals surface area contributed by atoms with E-state index >= 15 is 0 Å². The summed E-state index contributed by atoms with van der Waals surface area (Å²) in [6.07, 6.45) is 1.52. The molecule has 2 heterocycles. The first kappa shape index (κ1) is 19.9. The molecule has 27 heavy (non-hydrogen) atoms. The molecule has 0 radical (unpaired) electrons. The molecule has 0 saturated carbocycles. The highest BCUT2D eigenvalue weighted by Crippen LogP contribution is 2.28. The summed E-state index contributed by atoms with van der Waals surface area (Å²) in [5.74, 6) is -0.951. The number of amides is 2. The maximum atomic E-state index is 13.0. The fourth-order valence-electron chi connectivity index (χ4n) is 3.49. The van der Waals surface area contributed by atoms with Crippen LogP contribution in [0.1, 0.15) is 31.2 Å². The van der Waals surface area contributed by atoms with E-state index in [1.165, 1.54) is 12.1 Å². The number of carbonyl (C=O) groups is 2. The molecule has 1 aromatic carbocycles. The lowest BCUT2D eigenvalue weighted by molar-refractivity contribution is -0.145. The predicted molar refractivity (Wildman–Crippen MR) is 96.5 cm³/mol. The Morgan fingerprint density at radius 3 is 2.81 bits per heavy atom. The zero-order valence-electron chi connectivity index (χ0n) is 14.4. The Kier molecular flexibility index (Phi) is 5.90. The van der Waals surface area contributed by atoms with Gasteiger partial charge in [-0.3, -0.25) is 4.79 Å².